The molecule has 0 aliphatic heterocycles. The molecule has 0 fully saturated rings. The third-order valence-corrected chi connectivity index (χ3v) is 5.59. The molecular weight excluding hydrogens is 451 g/mol. The van der Waals surface area contributed by atoms with Crippen LogP contribution in [0.5, 0.6) is 0 Å². The van der Waals surface area contributed by atoms with Crippen molar-refractivity contribution in [3.63, 3.8) is 0 Å². The van der Waals surface area contributed by atoms with E-state index >= 15 is 0 Å². The average Bonchev–Trinajstić information content (AvgIpc) is 2.68. The van der Waals surface area contributed by atoms with Crippen LogP contribution in [0.15, 0.2) is 42.6 Å². The van der Waals surface area contributed by atoms with Gasteiger partial charge in [-0.2, -0.15) is 0 Å². The van der Waals surface area contributed by atoms with Gasteiger partial charge in [-0.3, -0.25) is 0 Å². The number of amides is 1. The molecule has 0 bridgehead atoms. The minimum absolute atomic E-state index is 0.00438. The summed E-state index contributed by atoms with van der Waals surface area (Å²) in [7, 11) is 0. The van der Waals surface area contributed by atoms with E-state index in [1.165, 1.54) is 49.5 Å². The Morgan fingerprint density at radius 3 is 2.28 bits per heavy atom. The molecule has 156 valence electrons. The second-order valence-corrected chi connectivity index (χ2v) is 8.87. The first kappa shape index (κ1) is 24.1. The van der Waals surface area contributed by atoms with Crippen molar-refractivity contribution in [2.24, 2.45) is 0 Å². The van der Waals surface area contributed by atoms with E-state index in [4.69, 9.17) is 14.5 Å². The van der Waals surface area contributed by atoms with Gasteiger partial charge in [-0.1, -0.05) is 0 Å². The van der Waals surface area contributed by atoms with Crippen molar-refractivity contribution in [3.05, 3.63) is 53.9 Å². The number of carboxylic acids is 1. The first-order chi connectivity index (χ1) is 13.6. The van der Waals surface area contributed by atoms with Gasteiger partial charge < -0.3 is 9.84 Å². The summed E-state index contributed by atoms with van der Waals surface area (Å²) in [5.74, 6) is -2.15. The number of esters is 1. The SMILES string of the molecule is CC(=O)Nc1ccc([As](=O)(O)OO)cc1.CCOC(=O)c1ncccc1C(=O)O. The molecule has 0 radical (unpaired) electrons. The van der Waals surface area contributed by atoms with Crippen LogP contribution >= 0.6 is 0 Å². The quantitative estimate of drug-likeness (QED) is 0.203. The minimum Gasteiger partial charge on any atom is -0.478 e. The van der Waals surface area contributed by atoms with Crippen molar-refractivity contribution in [1.29, 1.82) is 0 Å². The molecule has 2 aromatic rings. The topological polar surface area (TPSA) is 172 Å². The molecule has 0 aliphatic rings. The van der Waals surface area contributed by atoms with Crippen molar-refractivity contribution < 1.29 is 41.2 Å². The summed E-state index contributed by atoms with van der Waals surface area (Å²) in [4.78, 5) is 36.2. The fourth-order valence-electron chi connectivity index (χ4n) is 1.92. The first-order valence-corrected chi connectivity index (χ1v) is 11.3. The summed E-state index contributed by atoms with van der Waals surface area (Å²) in [6.45, 7) is 3.18. The normalized spacial score (nSPS) is 12.0. The molecule has 0 saturated heterocycles. The number of anilines is 1. The van der Waals surface area contributed by atoms with Crippen molar-refractivity contribution in [2.45, 2.75) is 13.8 Å². The Bertz CT molecular complexity index is 915. The maximum atomic E-state index is 11.2. The predicted octanol–water partition coefficient (Wildman–Crippen LogP) is 0.660. The molecule has 1 aromatic carbocycles. The van der Waals surface area contributed by atoms with E-state index in [1.54, 1.807) is 6.92 Å². The van der Waals surface area contributed by atoms with Crippen molar-refractivity contribution >= 4 is 42.1 Å². The Labute approximate surface area is 168 Å². The molecule has 1 unspecified atom stereocenters. The van der Waals surface area contributed by atoms with E-state index in [2.05, 4.69) is 18.9 Å². The predicted molar refractivity (Wildman–Crippen MR) is 99.9 cm³/mol. The number of rotatable bonds is 6. The molecule has 0 spiro atoms. The summed E-state index contributed by atoms with van der Waals surface area (Å²) < 4.78 is 28.5. The van der Waals surface area contributed by atoms with Gasteiger partial charge in [0.25, 0.3) is 0 Å². The van der Waals surface area contributed by atoms with Crippen LogP contribution in [0.3, 0.4) is 0 Å². The van der Waals surface area contributed by atoms with Crippen LogP contribution in [0.2, 0.25) is 0 Å². The number of aromatic nitrogens is 1. The van der Waals surface area contributed by atoms with Crippen molar-refractivity contribution in [3.8, 4) is 0 Å². The Morgan fingerprint density at radius 1 is 1.17 bits per heavy atom. The number of hydrogen-bond donors (Lipinski definition) is 4. The van der Waals surface area contributed by atoms with Crippen LogP contribution in [0.25, 0.3) is 0 Å². The largest absolute Gasteiger partial charge is 0.478 e. The summed E-state index contributed by atoms with van der Waals surface area (Å²) in [6.07, 6.45) is 1.35. The fourth-order valence-corrected chi connectivity index (χ4v) is 3.22. The van der Waals surface area contributed by atoms with Crippen LogP contribution < -0.4 is 9.67 Å². The van der Waals surface area contributed by atoms with Crippen LogP contribution in [0.1, 0.15) is 34.7 Å². The van der Waals surface area contributed by atoms with E-state index in [0.717, 1.165) is 0 Å². The Morgan fingerprint density at radius 2 is 1.79 bits per heavy atom. The molecule has 12 heteroatoms. The van der Waals surface area contributed by atoms with Gasteiger partial charge in [0.15, 0.2) is 5.69 Å². The van der Waals surface area contributed by atoms with E-state index < -0.39 is 26.1 Å². The summed E-state index contributed by atoms with van der Waals surface area (Å²) in [6, 6.07) is 8.26. The Balaban J connectivity index is 0.000000291. The van der Waals surface area contributed by atoms with E-state index in [-0.39, 0.29) is 28.1 Å². The molecule has 1 atom stereocenters. The van der Waals surface area contributed by atoms with Crippen molar-refractivity contribution in [1.82, 2.24) is 4.98 Å². The molecule has 2 rings (SSSR count). The molecule has 1 aromatic heterocycles. The standard InChI is InChI=1S/C9H9NO4.C8H10AsNO5/c1-2-14-9(13)7-6(8(11)12)4-3-5-10-7;1-6(11)10-8-4-2-7(3-5-8)9(12,13)15-14/h3-5H,2H2,1H3,(H,11,12);2-5,14H,1H3,(H,10,11)(H,12,13). The molecule has 29 heavy (non-hydrogen) atoms. The molecule has 0 saturated carbocycles. The molecule has 1 heterocycles. The second kappa shape index (κ2) is 11.1. The third-order valence-electron chi connectivity index (χ3n) is 3.13. The number of carbonyl (C=O) groups excluding carboxylic acids is 2. The Kier molecular flexibility index (Phi) is 9.23. The summed E-state index contributed by atoms with van der Waals surface area (Å²) >= 11 is -4.76. The maximum absolute atomic E-state index is 11.2. The van der Waals surface area contributed by atoms with Gasteiger partial charge in [-0.15, -0.1) is 0 Å². The average molecular weight is 470 g/mol. The summed E-state index contributed by atoms with van der Waals surface area (Å²) in [5.41, 5.74) is 0.187. The number of ether oxygens (including phenoxy) is 1. The third kappa shape index (κ3) is 7.51. The molecule has 11 nitrogen and oxygen atoms in total. The Hall–Kier alpha value is -2.98. The molecule has 1 amide bonds. The number of carbonyl (C=O) groups is 3. The van der Waals surface area contributed by atoms with E-state index in [9.17, 15) is 18.1 Å². The zero-order valence-electron chi connectivity index (χ0n) is 15.4. The second-order valence-electron chi connectivity index (χ2n) is 5.26. The fraction of sp³-hybridized carbons (Fsp3) is 0.176. The number of hydrogen-bond acceptors (Lipinski definition) is 8. The van der Waals surface area contributed by atoms with E-state index in [0.29, 0.717) is 5.69 Å². The van der Waals surface area contributed by atoms with Crippen LogP contribution in [0, 0.1) is 0 Å². The van der Waals surface area contributed by atoms with Gasteiger partial charge in [-0.25, -0.2) is 14.6 Å². The van der Waals surface area contributed by atoms with Gasteiger partial charge in [-0.05, 0) is 19.1 Å². The number of benzene rings is 1. The number of aromatic carboxylic acids is 1. The zero-order valence-corrected chi connectivity index (χ0v) is 17.3. The van der Waals surface area contributed by atoms with Crippen LogP contribution in [0.4, 0.5) is 5.69 Å². The summed E-state index contributed by atoms with van der Waals surface area (Å²) in [5, 5.41) is 19.4. The van der Waals surface area contributed by atoms with Gasteiger partial charge in [0, 0.05) is 6.20 Å². The maximum Gasteiger partial charge on any atom is 0.357 e. The molecular formula is C17H19AsN2O9. The van der Waals surface area contributed by atoms with E-state index in [1.807, 2.05) is 0 Å². The van der Waals surface area contributed by atoms with Gasteiger partial charge in [0.1, 0.15) is 0 Å². The molecule has 0 aliphatic carbocycles. The van der Waals surface area contributed by atoms with Crippen LogP contribution in [-0.2, 0) is 17.1 Å². The monoisotopic (exact) mass is 470 g/mol. The number of carboxylic acid groups (broad SMARTS) is 1. The zero-order chi connectivity index (χ0) is 22.0. The van der Waals surface area contributed by atoms with Gasteiger partial charge >= 0.3 is 100 Å². The number of pyridine rings is 1. The number of nitrogens with zero attached hydrogens (tertiary/aromatic N) is 1. The number of nitrogens with one attached hydrogen (secondary N) is 1. The van der Waals surface area contributed by atoms with Crippen molar-refractivity contribution in [2.75, 3.05) is 11.9 Å². The molecule has 4 N–H and O–H groups in total. The van der Waals surface area contributed by atoms with Gasteiger partial charge in [0.05, 0.1) is 12.2 Å². The smallest absolute Gasteiger partial charge is 0.357 e. The van der Waals surface area contributed by atoms with Crippen LogP contribution in [-0.4, -0.2) is 58.1 Å². The van der Waals surface area contributed by atoms with Gasteiger partial charge in [0.2, 0.25) is 0 Å². The minimum atomic E-state index is -4.76. The first-order valence-electron chi connectivity index (χ1n) is 8.02.